The SMILES string of the molecule is C[C@H](N[C@H](C)C(=O)Nc1ccc(Br)cc1)c1ccccc1Cl. The van der Waals surface area contributed by atoms with Crippen molar-refractivity contribution in [2.24, 2.45) is 0 Å². The van der Waals surface area contributed by atoms with Gasteiger partial charge in [0, 0.05) is 21.2 Å². The van der Waals surface area contributed by atoms with Crippen molar-refractivity contribution >= 4 is 39.1 Å². The summed E-state index contributed by atoms with van der Waals surface area (Å²) >= 11 is 9.55. The summed E-state index contributed by atoms with van der Waals surface area (Å²) in [6.07, 6.45) is 0. The van der Waals surface area contributed by atoms with E-state index in [-0.39, 0.29) is 18.0 Å². The van der Waals surface area contributed by atoms with Crippen LogP contribution in [0.4, 0.5) is 5.69 Å². The third-order valence-corrected chi connectivity index (χ3v) is 4.25. The molecule has 0 radical (unpaired) electrons. The van der Waals surface area contributed by atoms with Crippen LogP contribution in [-0.4, -0.2) is 11.9 Å². The predicted octanol–water partition coefficient (Wildman–Crippen LogP) is 4.78. The molecule has 2 N–H and O–H groups in total. The molecule has 0 heterocycles. The van der Waals surface area contributed by atoms with E-state index in [4.69, 9.17) is 11.6 Å². The first kappa shape index (κ1) is 17.0. The maximum absolute atomic E-state index is 12.2. The number of benzene rings is 2. The number of hydrogen-bond acceptors (Lipinski definition) is 2. The Morgan fingerprint density at radius 3 is 2.36 bits per heavy atom. The van der Waals surface area contributed by atoms with Gasteiger partial charge in [0.2, 0.25) is 5.91 Å². The van der Waals surface area contributed by atoms with Crippen LogP contribution in [0.5, 0.6) is 0 Å². The molecule has 0 aromatic heterocycles. The van der Waals surface area contributed by atoms with Gasteiger partial charge in [0.1, 0.15) is 0 Å². The fourth-order valence-corrected chi connectivity index (χ4v) is 2.71. The van der Waals surface area contributed by atoms with Gasteiger partial charge in [0.05, 0.1) is 6.04 Å². The maximum Gasteiger partial charge on any atom is 0.241 e. The smallest absolute Gasteiger partial charge is 0.241 e. The minimum Gasteiger partial charge on any atom is -0.325 e. The normalized spacial score (nSPS) is 13.5. The molecule has 5 heteroatoms. The van der Waals surface area contributed by atoms with Crippen molar-refractivity contribution < 1.29 is 4.79 Å². The molecule has 116 valence electrons. The van der Waals surface area contributed by atoms with Crippen molar-refractivity contribution in [1.82, 2.24) is 5.32 Å². The van der Waals surface area contributed by atoms with Crippen molar-refractivity contribution in [3.05, 3.63) is 63.6 Å². The van der Waals surface area contributed by atoms with Crippen LogP contribution in [0.3, 0.4) is 0 Å². The van der Waals surface area contributed by atoms with Crippen LogP contribution in [0.1, 0.15) is 25.5 Å². The highest BCUT2D eigenvalue weighted by atomic mass is 79.9. The van der Waals surface area contributed by atoms with E-state index in [0.717, 1.165) is 15.7 Å². The summed E-state index contributed by atoms with van der Waals surface area (Å²) in [5.41, 5.74) is 1.75. The summed E-state index contributed by atoms with van der Waals surface area (Å²) in [4.78, 5) is 12.2. The molecule has 0 bridgehead atoms. The van der Waals surface area contributed by atoms with E-state index >= 15 is 0 Å². The number of halogens is 2. The lowest BCUT2D eigenvalue weighted by Crippen LogP contribution is -2.39. The molecule has 0 saturated carbocycles. The second kappa shape index (κ2) is 7.77. The maximum atomic E-state index is 12.2. The Morgan fingerprint density at radius 2 is 1.73 bits per heavy atom. The Labute approximate surface area is 144 Å². The van der Waals surface area contributed by atoms with Gasteiger partial charge >= 0.3 is 0 Å². The molecular formula is C17H18BrClN2O. The lowest BCUT2D eigenvalue weighted by atomic mass is 10.1. The molecule has 3 nitrogen and oxygen atoms in total. The first-order chi connectivity index (χ1) is 10.5. The van der Waals surface area contributed by atoms with Crippen LogP contribution >= 0.6 is 27.5 Å². The van der Waals surface area contributed by atoms with Gasteiger partial charge in [0.15, 0.2) is 0 Å². The van der Waals surface area contributed by atoms with E-state index in [0.29, 0.717) is 5.02 Å². The molecule has 2 rings (SSSR count). The number of amides is 1. The van der Waals surface area contributed by atoms with Gasteiger partial charge in [-0.3, -0.25) is 10.1 Å². The predicted molar refractivity (Wildman–Crippen MR) is 95.2 cm³/mol. The van der Waals surface area contributed by atoms with Crippen LogP contribution in [0.2, 0.25) is 5.02 Å². The highest BCUT2D eigenvalue weighted by molar-refractivity contribution is 9.10. The molecular weight excluding hydrogens is 364 g/mol. The zero-order chi connectivity index (χ0) is 16.1. The van der Waals surface area contributed by atoms with E-state index in [9.17, 15) is 4.79 Å². The minimum absolute atomic E-state index is 0.0145. The summed E-state index contributed by atoms with van der Waals surface area (Å²) < 4.78 is 0.976. The van der Waals surface area contributed by atoms with Crippen LogP contribution in [-0.2, 0) is 4.79 Å². The molecule has 0 saturated heterocycles. The Kier molecular flexibility index (Phi) is 6.00. The van der Waals surface area contributed by atoms with E-state index in [2.05, 4.69) is 26.6 Å². The Hall–Kier alpha value is -1.36. The van der Waals surface area contributed by atoms with Gasteiger partial charge in [-0.15, -0.1) is 0 Å². The molecule has 0 spiro atoms. The standard InChI is InChI=1S/C17H18BrClN2O/c1-11(15-5-3-4-6-16(15)19)20-12(2)17(22)21-14-9-7-13(18)8-10-14/h3-12,20H,1-2H3,(H,21,22)/t11-,12+/m0/s1. The van der Waals surface area contributed by atoms with Crippen molar-refractivity contribution in [3.63, 3.8) is 0 Å². The Morgan fingerprint density at radius 1 is 1.09 bits per heavy atom. The zero-order valence-corrected chi connectivity index (χ0v) is 14.8. The summed E-state index contributed by atoms with van der Waals surface area (Å²) in [7, 11) is 0. The molecule has 22 heavy (non-hydrogen) atoms. The largest absolute Gasteiger partial charge is 0.325 e. The molecule has 2 aromatic carbocycles. The topological polar surface area (TPSA) is 41.1 Å². The molecule has 1 amide bonds. The first-order valence-corrected chi connectivity index (χ1v) is 8.21. The van der Waals surface area contributed by atoms with Gasteiger partial charge in [-0.05, 0) is 49.7 Å². The van der Waals surface area contributed by atoms with Crippen molar-refractivity contribution in [2.45, 2.75) is 25.9 Å². The molecule has 2 atom stereocenters. The Bertz CT molecular complexity index is 645. The average molecular weight is 382 g/mol. The number of nitrogens with one attached hydrogen (secondary N) is 2. The molecule has 0 fully saturated rings. The second-order valence-corrected chi connectivity index (χ2v) is 6.45. The first-order valence-electron chi connectivity index (χ1n) is 7.04. The lowest BCUT2D eigenvalue weighted by molar-refractivity contribution is -0.117. The highest BCUT2D eigenvalue weighted by Gasteiger charge is 2.17. The van der Waals surface area contributed by atoms with E-state index < -0.39 is 0 Å². The molecule has 0 unspecified atom stereocenters. The van der Waals surface area contributed by atoms with Gasteiger partial charge in [0.25, 0.3) is 0 Å². The van der Waals surface area contributed by atoms with Crippen molar-refractivity contribution in [2.75, 3.05) is 5.32 Å². The summed E-state index contributed by atoms with van der Waals surface area (Å²) in [5.74, 6) is -0.0822. The molecule has 0 aliphatic carbocycles. The third-order valence-electron chi connectivity index (χ3n) is 3.38. The minimum atomic E-state index is -0.338. The van der Waals surface area contributed by atoms with Crippen molar-refractivity contribution in [3.8, 4) is 0 Å². The molecule has 0 aliphatic rings. The fraction of sp³-hybridized carbons (Fsp3) is 0.235. The van der Waals surface area contributed by atoms with Gasteiger partial charge in [-0.2, -0.15) is 0 Å². The van der Waals surface area contributed by atoms with Gasteiger partial charge in [-0.1, -0.05) is 45.7 Å². The van der Waals surface area contributed by atoms with E-state index in [1.807, 2.05) is 62.4 Å². The third kappa shape index (κ3) is 4.57. The number of hydrogen-bond donors (Lipinski definition) is 2. The van der Waals surface area contributed by atoms with Crippen LogP contribution in [0.25, 0.3) is 0 Å². The van der Waals surface area contributed by atoms with Crippen LogP contribution in [0.15, 0.2) is 53.0 Å². The summed E-state index contributed by atoms with van der Waals surface area (Å²) in [5, 5.41) is 6.84. The van der Waals surface area contributed by atoms with E-state index in [1.54, 1.807) is 0 Å². The second-order valence-electron chi connectivity index (χ2n) is 5.13. The monoisotopic (exact) mass is 380 g/mol. The number of carbonyl (C=O) groups is 1. The number of anilines is 1. The summed E-state index contributed by atoms with van der Waals surface area (Å²) in [6.45, 7) is 3.83. The van der Waals surface area contributed by atoms with Crippen LogP contribution < -0.4 is 10.6 Å². The van der Waals surface area contributed by atoms with Crippen molar-refractivity contribution in [1.29, 1.82) is 0 Å². The van der Waals surface area contributed by atoms with Gasteiger partial charge in [-0.25, -0.2) is 0 Å². The fourth-order valence-electron chi connectivity index (χ4n) is 2.15. The van der Waals surface area contributed by atoms with Gasteiger partial charge < -0.3 is 5.32 Å². The van der Waals surface area contributed by atoms with E-state index in [1.165, 1.54) is 0 Å². The molecule has 2 aromatic rings. The average Bonchev–Trinajstić information content (AvgIpc) is 2.49. The number of carbonyl (C=O) groups excluding carboxylic acids is 1. The highest BCUT2D eigenvalue weighted by Crippen LogP contribution is 2.22. The number of rotatable bonds is 5. The zero-order valence-electron chi connectivity index (χ0n) is 12.4. The lowest BCUT2D eigenvalue weighted by Gasteiger charge is -2.20. The summed E-state index contributed by atoms with van der Waals surface area (Å²) in [6, 6.07) is 14.8. The quantitative estimate of drug-likeness (QED) is 0.782. The van der Waals surface area contributed by atoms with Crippen LogP contribution in [0, 0.1) is 0 Å². The Balaban J connectivity index is 1.96. The molecule has 0 aliphatic heterocycles.